The fourth-order valence-electron chi connectivity index (χ4n) is 3.79. The summed E-state index contributed by atoms with van der Waals surface area (Å²) in [5.74, 6) is 1.82. The van der Waals surface area contributed by atoms with Crippen molar-refractivity contribution < 1.29 is 14.6 Å². The lowest BCUT2D eigenvalue weighted by Gasteiger charge is -2.40. The van der Waals surface area contributed by atoms with Gasteiger partial charge in [0, 0.05) is 43.5 Å². The maximum Gasteiger partial charge on any atom is 0.226 e. The van der Waals surface area contributed by atoms with Crippen LogP contribution in [0.4, 0.5) is 0 Å². The van der Waals surface area contributed by atoms with Crippen molar-refractivity contribution in [2.24, 2.45) is 5.92 Å². The van der Waals surface area contributed by atoms with Crippen molar-refractivity contribution >= 4 is 5.91 Å². The Hall–Kier alpha value is -2.41. The Morgan fingerprint density at radius 1 is 1.35 bits per heavy atom. The van der Waals surface area contributed by atoms with Crippen LogP contribution in [-0.2, 0) is 17.8 Å². The number of hydrogen-bond donors (Lipinski definition) is 1. The van der Waals surface area contributed by atoms with Crippen LogP contribution >= 0.6 is 0 Å². The van der Waals surface area contributed by atoms with Gasteiger partial charge in [-0.05, 0) is 31.9 Å². The summed E-state index contributed by atoms with van der Waals surface area (Å²) in [7, 11) is 0. The molecule has 2 aromatic rings. The van der Waals surface area contributed by atoms with Crippen LogP contribution in [0.2, 0.25) is 0 Å². The fraction of sp³-hybridized carbons (Fsp3) is 0.526. The number of carbonyl (C=O) groups is 1. The molecule has 0 unspecified atom stereocenters. The zero-order valence-electron chi connectivity index (χ0n) is 14.9. The van der Waals surface area contributed by atoms with Crippen LogP contribution in [0.1, 0.15) is 37.3 Å². The highest BCUT2D eigenvalue weighted by atomic mass is 16.5. The number of carbonyl (C=O) groups excluding carboxylic acids is 1. The number of amides is 1. The first-order chi connectivity index (χ1) is 12.6. The smallest absolute Gasteiger partial charge is 0.226 e. The Morgan fingerprint density at radius 3 is 2.92 bits per heavy atom. The number of nitrogens with zero attached hydrogens (tertiary/aromatic N) is 4. The third kappa shape index (κ3) is 3.19. The Kier molecular flexibility index (Phi) is 4.63. The van der Waals surface area contributed by atoms with Crippen molar-refractivity contribution in [3.05, 3.63) is 42.2 Å². The van der Waals surface area contributed by atoms with E-state index in [1.54, 1.807) is 12.4 Å². The Labute approximate surface area is 152 Å². The molecule has 1 N–H and O–H groups in total. The van der Waals surface area contributed by atoms with Gasteiger partial charge >= 0.3 is 0 Å². The summed E-state index contributed by atoms with van der Waals surface area (Å²) >= 11 is 0. The van der Waals surface area contributed by atoms with Crippen LogP contribution in [0.3, 0.4) is 0 Å². The number of fused-ring (bicyclic) bond motifs is 1. The molecule has 7 nitrogen and oxygen atoms in total. The summed E-state index contributed by atoms with van der Waals surface area (Å²) < 4.78 is 7.93. The van der Waals surface area contributed by atoms with E-state index in [1.807, 2.05) is 30.2 Å². The monoisotopic (exact) mass is 356 g/mol. The zero-order chi connectivity index (χ0) is 18.1. The van der Waals surface area contributed by atoms with E-state index in [2.05, 4.69) is 14.5 Å². The maximum absolute atomic E-state index is 12.6. The van der Waals surface area contributed by atoms with E-state index in [0.29, 0.717) is 26.0 Å². The van der Waals surface area contributed by atoms with Crippen molar-refractivity contribution in [3.63, 3.8) is 0 Å². The van der Waals surface area contributed by atoms with Gasteiger partial charge in [-0.1, -0.05) is 0 Å². The molecule has 1 atom stereocenters. The summed E-state index contributed by atoms with van der Waals surface area (Å²) in [5.41, 5.74) is 1.13. The van der Waals surface area contributed by atoms with E-state index < -0.39 is 0 Å². The third-order valence-electron chi connectivity index (χ3n) is 5.38. The minimum absolute atomic E-state index is 0.0266. The molecule has 0 aromatic carbocycles. The molecule has 1 amide bonds. The summed E-state index contributed by atoms with van der Waals surface area (Å²) in [6.45, 7) is 4.03. The maximum atomic E-state index is 12.6. The first-order valence-corrected chi connectivity index (χ1v) is 9.19. The van der Waals surface area contributed by atoms with E-state index in [-0.39, 0.29) is 24.0 Å². The average molecular weight is 356 g/mol. The van der Waals surface area contributed by atoms with Crippen LogP contribution in [0, 0.1) is 5.92 Å². The fourth-order valence-corrected chi connectivity index (χ4v) is 3.79. The van der Waals surface area contributed by atoms with E-state index in [9.17, 15) is 9.90 Å². The van der Waals surface area contributed by atoms with Crippen LogP contribution in [0.15, 0.2) is 30.7 Å². The van der Waals surface area contributed by atoms with Crippen molar-refractivity contribution in [1.29, 1.82) is 0 Å². The first kappa shape index (κ1) is 17.0. The number of hydrogen-bond acceptors (Lipinski definition) is 5. The second-order valence-corrected chi connectivity index (χ2v) is 7.08. The molecule has 1 aliphatic carbocycles. The molecule has 2 aliphatic rings. The highest BCUT2D eigenvalue weighted by Crippen LogP contribution is 2.33. The lowest BCUT2D eigenvalue weighted by atomic mass is 9.81. The molecule has 0 saturated heterocycles. The van der Waals surface area contributed by atoms with E-state index in [1.165, 1.54) is 0 Å². The van der Waals surface area contributed by atoms with Gasteiger partial charge in [0.05, 0.1) is 24.9 Å². The largest absolute Gasteiger partial charge is 0.492 e. The van der Waals surface area contributed by atoms with E-state index >= 15 is 0 Å². The number of rotatable bonds is 5. The van der Waals surface area contributed by atoms with Gasteiger partial charge in [0.2, 0.25) is 5.91 Å². The Bertz CT molecular complexity index is 770. The highest BCUT2D eigenvalue weighted by Gasteiger charge is 2.39. The van der Waals surface area contributed by atoms with Gasteiger partial charge in [-0.3, -0.25) is 9.78 Å². The quantitative estimate of drug-likeness (QED) is 0.880. The standard InChI is InChI=1S/C19H24N4O3/c1-13-18-21-11-15(4-8-26-17-3-2-5-20-12-17)23(18)7-6-22(13)19(25)14-9-16(24)10-14/h2-3,5,11-14,16,24H,4,6-10H2,1H3/t13-,14?,16?/m0/s1. The van der Waals surface area contributed by atoms with Crippen molar-refractivity contribution in [1.82, 2.24) is 19.4 Å². The summed E-state index contributed by atoms with van der Waals surface area (Å²) in [6, 6.07) is 3.70. The summed E-state index contributed by atoms with van der Waals surface area (Å²) in [4.78, 5) is 23.2. The molecule has 3 heterocycles. The Balaban J connectivity index is 1.38. The van der Waals surface area contributed by atoms with Crippen molar-refractivity contribution in [2.75, 3.05) is 13.2 Å². The molecule has 0 bridgehead atoms. The SMILES string of the molecule is C[C@H]1c2ncc(CCOc3cccnc3)n2CCN1C(=O)C1CC(O)C1. The first-order valence-electron chi connectivity index (χ1n) is 9.19. The number of pyridine rings is 1. The van der Waals surface area contributed by atoms with Gasteiger partial charge in [0.1, 0.15) is 11.6 Å². The number of imidazole rings is 1. The minimum atomic E-state index is -0.308. The van der Waals surface area contributed by atoms with Crippen molar-refractivity contribution in [3.8, 4) is 5.75 Å². The van der Waals surface area contributed by atoms with Gasteiger partial charge in [-0.15, -0.1) is 0 Å². The van der Waals surface area contributed by atoms with Gasteiger partial charge < -0.3 is 19.3 Å². The summed E-state index contributed by atoms with van der Waals surface area (Å²) in [5, 5.41) is 9.45. The molecule has 1 aliphatic heterocycles. The molecule has 7 heteroatoms. The molecule has 1 fully saturated rings. The van der Waals surface area contributed by atoms with Gasteiger partial charge in [0.15, 0.2) is 0 Å². The lowest BCUT2D eigenvalue weighted by Crippen LogP contribution is -2.48. The van der Waals surface area contributed by atoms with Crippen LogP contribution in [0.25, 0.3) is 0 Å². The zero-order valence-corrected chi connectivity index (χ0v) is 14.9. The molecular weight excluding hydrogens is 332 g/mol. The Morgan fingerprint density at radius 2 is 2.19 bits per heavy atom. The second-order valence-electron chi connectivity index (χ2n) is 7.08. The highest BCUT2D eigenvalue weighted by molar-refractivity contribution is 5.80. The third-order valence-corrected chi connectivity index (χ3v) is 5.38. The molecule has 26 heavy (non-hydrogen) atoms. The second kappa shape index (κ2) is 7.07. The predicted octanol–water partition coefficient (Wildman–Crippen LogP) is 1.57. The lowest BCUT2D eigenvalue weighted by molar-refractivity contribution is -0.145. The summed E-state index contributed by atoms with van der Waals surface area (Å²) in [6.07, 6.45) is 6.95. The topological polar surface area (TPSA) is 80.5 Å². The van der Waals surface area contributed by atoms with Gasteiger partial charge in [-0.25, -0.2) is 4.98 Å². The molecular formula is C19H24N4O3. The predicted molar refractivity (Wildman–Crippen MR) is 94.5 cm³/mol. The van der Waals surface area contributed by atoms with Crippen LogP contribution < -0.4 is 4.74 Å². The van der Waals surface area contributed by atoms with E-state index in [0.717, 1.165) is 30.2 Å². The number of aliphatic hydroxyl groups is 1. The average Bonchev–Trinajstić information content (AvgIpc) is 3.04. The normalized spacial score (nSPS) is 24.7. The van der Waals surface area contributed by atoms with Gasteiger partial charge in [0.25, 0.3) is 0 Å². The molecule has 2 aromatic heterocycles. The molecule has 4 rings (SSSR count). The van der Waals surface area contributed by atoms with E-state index in [4.69, 9.17) is 4.74 Å². The molecule has 1 saturated carbocycles. The van der Waals surface area contributed by atoms with Crippen LogP contribution in [0.5, 0.6) is 5.75 Å². The molecule has 0 spiro atoms. The van der Waals surface area contributed by atoms with Crippen molar-refractivity contribution in [2.45, 2.75) is 44.9 Å². The number of ether oxygens (including phenoxy) is 1. The minimum Gasteiger partial charge on any atom is -0.492 e. The number of aromatic nitrogens is 3. The molecule has 0 radical (unpaired) electrons. The number of aliphatic hydroxyl groups excluding tert-OH is 1. The molecule has 138 valence electrons. The van der Waals surface area contributed by atoms with Crippen LogP contribution in [-0.4, -0.2) is 49.7 Å². The van der Waals surface area contributed by atoms with Gasteiger partial charge in [-0.2, -0.15) is 0 Å².